The third kappa shape index (κ3) is 3.69. The molecule has 126 valence electrons. The van der Waals surface area contributed by atoms with Crippen molar-refractivity contribution >= 4 is 23.2 Å². The Hall–Kier alpha value is -3.13. The smallest absolute Gasteiger partial charge is 0.228 e. The van der Waals surface area contributed by atoms with E-state index in [2.05, 4.69) is 10.6 Å². The molecule has 1 saturated carbocycles. The summed E-state index contributed by atoms with van der Waals surface area (Å²) >= 11 is 0. The van der Waals surface area contributed by atoms with E-state index in [4.69, 9.17) is 5.26 Å². The van der Waals surface area contributed by atoms with Crippen molar-refractivity contribution in [1.29, 1.82) is 5.26 Å². The van der Waals surface area contributed by atoms with E-state index in [1.54, 1.807) is 24.3 Å². The van der Waals surface area contributed by atoms with E-state index < -0.39 is 0 Å². The second-order valence-electron chi connectivity index (χ2n) is 6.38. The number of nitriles is 1. The summed E-state index contributed by atoms with van der Waals surface area (Å²) in [5.74, 6) is -0.874. The van der Waals surface area contributed by atoms with Crippen molar-refractivity contribution in [2.24, 2.45) is 11.8 Å². The number of carbonyl (C=O) groups is 2. The monoisotopic (exact) mass is 333 g/mol. The number of carbonyl (C=O) groups excluding carboxylic acids is 2. The van der Waals surface area contributed by atoms with Gasteiger partial charge in [-0.25, -0.2) is 0 Å². The lowest BCUT2D eigenvalue weighted by molar-refractivity contribution is -0.122. The van der Waals surface area contributed by atoms with Gasteiger partial charge in [-0.05, 0) is 55.7 Å². The quantitative estimate of drug-likeness (QED) is 0.900. The van der Waals surface area contributed by atoms with Gasteiger partial charge in [0.15, 0.2) is 0 Å². The second-order valence-corrected chi connectivity index (χ2v) is 6.38. The number of nitrogens with zero attached hydrogens (tertiary/aromatic N) is 1. The number of benzene rings is 2. The molecule has 1 fully saturated rings. The van der Waals surface area contributed by atoms with Gasteiger partial charge in [0, 0.05) is 11.4 Å². The van der Waals surface area contributed by atoms with Crippen LogP contribution in [0.2, 0.25) is 0 Å². The zero-order chi connectivity index (χ0) is 18.0. The fraction of sp³-hybridized carbons (Fsp3) is 0.250. The highest BCUT2D eigenvalue weighted by atomic mass is 16.2. The Balaban J connectivity index is 1.59. The molecule has 2 aromatic rings. The van der Waals surface area contributed by atoms with Crippen LogP contribution >= 0.6 is 0 Å². The van der Waals surface area contributed by atoms with Crippen LogP contribution in [0.15, 0.2) is 42.5 Å². The number of nitrogens with one attached hydrogen (secondary N) is 2. The molecule has 5 nitrogen and oxygen atoms in total. The molecule has 0 aromatic heterocycles. The topological polar surface area (TPSA) is 82.0 Å². The van der Waals surface area contributed by atoms with Gasteiger partial charge >= 0.3 is 0 Å². The zero-order valence-corrected chi connectivity index (χ0v) is 14.2. The van der Waals surface area contributed by atoms with Crippen LogP contribution in [0.1, 0.15) is 23.1 Å². The van der Waals surface area contributed by atoms with Crippen molar-refractivity contribution in [3.8, 4) is 6.07 Å². The van der Waals surface area contributed by atoms with E-state index in [9.17, 15) is 9.59 Å². The predicted molar refractivity (Wildman–Crippen MR) is 95.9 cm³/mol. The van der Waals surface area contributed by atoms with Gasteiger partial charge in [-0.15, -0.1) is 0 Å². The first-order chi connectivity index (χ1) is 12.0. The average molecular weight is 333 g/mol. The van der Waals surface area contributed by atoms with Gasteiger partial charge in [-0.2, -0.15) is 5.26 Å². The van der Waals surface area contributed by atoms with Crippen LogP contribution in [-0.2, 0) is 9.59 Å². The first-order valence-corrected chi connectivity index (χ1v) is 8.17. The first kappa shape index (κ1) is 16.7. The van der Waals surface area contributed by atoms with Crippen LogP contribution < -0.4 is 10.6 Å². The molecule has 0 heterocycles. The SMILES string of the molecule is Cc1cccc(C)c1NC(=O)C1CC1C(=O)Nc1ccc(C#N)cc1. The van der Waals surface area contributed by atoms with Crippen LogP contribution in [0.25, 0.3) is 0 Å². The van der Waals surface area contributed by atoms with Crippen LogP contribution in [0.4, 0.5) is 11.4 Å². The van der Waals surface area contributed by atoms with Crippen molar-refractivity contribution < 1.29 is 9.59 Å². The molecule has 0 radical (unpaired) electrons. The molecule has 2 N–H and O–H groups in total. The third-order valence-corrected chi connectivity index (χ3v) is 4.47. The molecule has 0 aliphatic heterocycles. The van der Waals surface area contributed by atoms with Crippen molar-refractivity contribution in [1.82, 2.24) is 0 Å². The van der Waals surface area contributed by atoms with Crippen LogP contribution in [-0.4, -0.2) is 11.8 Å². The maximum atomic E-state index is 12.4. The van der Waals surface area contributed by atoms with Gasteiger partial charge in [-0.3, -0.25) is 9.59 Å². The van der Waals surface area contributed by atoms with E-state index in [1.165, 1.54) is 0 Å². The predicted octanol–water partition coefficient (Wildman–Crippen LogP) is 3.39. The lowest BCUT2D eigenvalue weighted by Crippen LogP contribution is -2.21. The van der Waals surface area contributed by atoms with E-state index in [0.717, 1.165) is 16.8 Å². The number of hydrogen-bond donors (Lipinski definition) is 2. The molecule has 2 unspecified atom stereocenters. The summed E-state index contributed by atoms with van der Waals surface area (Å²) in [7, 11) is 0. The molecule has 25 heavy (non-hydrogen) atoms. The van der Waals surface area contributed by atoms with Gasteiger partial charge in [0.2, 0.25) is 11.8 Å². The molecule has 5 heteroatoms. The Morgan fingerprint density at radius 1 is 0.960 bits per heavy atom. The minimum atomic E-state index is -0.306. The Kier molecular flexibility index (Phi) is 4.53. The Labute approximate surface area is 146 Å². The van der Waals surface area contributed by atoms with E-state index >= 15 is 0 Å². The molecule has 3 rings (SSSR count). The minimum absolute atomic E-state index is 0.114. The average Bonchev–Trinajstić information content (AvgIpc) is 3.40. The first-order valence-electron chi connectivity index (χ1n) is 8.17. The number of aryl methyl sites for hydroxylation is 2. The zero-order valence-electron chi connectivity index (χ0n) is 14.2. The molecular weight excluding hydrogens is 314 g/mol. The molecule has 1 aliphatic rings. The molecule has 0 spiro atoms. The lowest BCUT2D eigenvalue weighted by atomic mass is 10.1. The molecule has 2 atom stereocenters. The van der Waals surface area contributed by atoms with Crippen LogP contribution in [0.3, 0.4) is 0 Å². The summed E-state index contributed by atoms with van der Waals surface area (Å²) in [5, 5.41) is 14.5. The summed E-state index contributed by atoms with van der Waals surface area (Å²) < 4.78 is 0. The highest BCUT2D eigenvalue weighted by molar-refractivity contribution is 6.03. The van der Waals surface area contributed by atoms with Crippen LogP contribution in [0, 0.1) is 37.0 Å². The maximum Gasteiger partial charge on any atom is 0.228 e. The highest BCUT2D eigenvalue weighted by Crippen LogP contribution is 2.40. The molecule has 1 aliphatic carbocycles. The summed E-state index contributed by atoms with van der Waals surface area (Å²) in [6.07, 6.45) is 0.554. The van der Waals surface area contributed by atoms with Crippen molar-refractivity contribution in [2.45, 2.75) is 20.3 Å². The summed E-state index contributed by atoms with van der Waals surface area (Å²) in [4.78, 5) is 24.7. The Morgan fingerprint density at radius 2 is 1.52 bits per heavy atom. The summed E-state index contributed by atoms with van der Waals surface area (Å²) in [5.41, 5.74) is 4.01. The molecule has 2 amide bonds. The third-order valence-electron chi connectivity index (χ3n) is 4.47. The maximum absolute atomic E-state index is 12.4. The van der Waals surface area contributed by atoms with E-state index in [0.29, 0.717) is 17.7 Å². The fourth-order valence-corrected chi connectivity index (χ4v) is 2.87. The molecular formula is C20H19N3O2. The number of para-hydroxylation sites is 1. The summed E-state index contributed by atoms with van der Waals surface area (Å²) in [6, 6.07) is 14.5. The molecule has 0 saturated heterocycles. The standard InChI is InChI=1S/C20H19N3O2/c1-12-4-3-5-13(2)18(12)23-20(25)17-10-16(17)19(24)22-15-8-6-14(11-21)7-9-15/h3-9,16-17H,10H2,1-2H3,(H,22,24)(H,23,25). The second kappa shape index (κ2) is 6.78. The molecule has 0 bridgehead atoms. The number of anilines is 2. The highest BCUT2D eigenvalue weighted by Gasteiger charge is 2.48. The van der Waals surface area contributed by atoms with E-state index in [1.807, 2.05) is 38.1 Å². The minimum Gasteiger partial charge on any atom is -0.326 e. The van der Waals surface area contributed by atoms with Crippen molar-refractivity contribution in [3.05, 3.63) is 59.2 Å². The van der Waals surface area contributed by atoms with Gasteiger partial charge in [-0.1, -0.05) is 18.2 Å². The van der Waals surface area contributed by atoms with Gasteiger partial charge in [0.25, 0.3) is 0 Å². The number of rotatable bonds is 4. The fourth-order valence-electron chi connectivity index (χ4n) is 2.87. The normalized spacial score (nSPS) is 18.1. The van der Waals surface area contributed by atoms with Gasteiger partial charge in [0.1, 0.15) is 0 Å². The Bertz CT molecular complexity index is 845. The summed E-state index contributed by atoms with van der Waals surface area (Å²) in [6.45, 7) is 3.90. The van der Waals surface area contributed by atoms with E-state index in [-0.39, 0.29) is 23.7 Å². The lowest BCUT2D eigenvalue weighted by Gasteiger charge is -2.11. The van der Waals surface area contributed by atoms with Crippen molar-refractivity contribution in [2.75, 3.05) is 10.6 Å². The van der Waals surface area contributed by atoms with Gasteiger partial charge in [0.05, 0.1) is 23.5 Å². The number of hydrogen-bond acceptors (Lipinski definition) is 3. The largest absolute Gasteiger partial charge is 0.326 e. The van der Waals surface area contributed by atoms with Crippen LogP contribution in [0.5, 0.6) is 0 Å². The van der Waals surface area contributed by atoms with Crippen molar-refractivity contribution in [3.63, 3.8) is 0 Å². The Morgan fingerprint density at radius 3 is 2.08 bits per heavy atom. The number of amides is 2. The molecule has 2 aromatic carbocycles. The van der Waals surface area contributed by atoms with Gasteiger partial charge < -0.3 is 10.6 Å².